The Morgan fingerprint density at radius 3 is 2.63 bits per heavy atom. The maximum absolute atomic E-state index is 12.1. The lowest BCUT2D eigenvalue weighted by Gasteiger charge is -2.33. The van der Waals surface area contributed by atoms with Gasteiger partial charge in [0, 0.05) is 13.1 Å². The number of para-hydroxylation sites is 1. The highest BCUT2D eigenvalue weighted by Crippen LogP contribution is 2.30. The molecule has 0 unspecified atom stereocenters. The van der Waals surface area contributed by atoms with Gasteiger partial charge < -0.3 is 10.6 Å². The number of rotatable bonds is 4. The van der Waals surface area contributed by atoms with Crippen LogP contribution in [-0.2, 0) is 0 Å². The van der Waals surface area contributed by atoms with E-state index in [1.165, 1.54) is 6.07 Å². The van der Waals surface area contributed by atoms with Gasteiger partial charge in [0.25, 0.3) is 5.91 Å². The van der Waals surface area contributed by atoms with E-state index in [0.29, 0.717) is 11.6 Å². The van der Waals surface area contributed by atoms with Crippen LogP contribution in [0.15, 0.2) is 18.2 Å². The predicted molar refractivity (Wildman–Crippen MR) is 72.3 cm³/mol. The van der Waals surface area contributed by atoms with Crippen molar-refractivity contribution in [2.45, 2.75) is 25.8 Å². The molecule has 1 aliphatic rings. The molecule has 0 aromatic heterocycles. The van der Waals surface area contributed by atoms with E-state index in [1.54, 1.807) is 19.2 Å². The first-order valence-corrected chi connectivity index (χ1v) is 6.29. The fourth-order valence-electron chi connectivity index (χ4n) is 2.41. The molecule has 0 heterocycles. The summed E-state index contributed by atoms with van der Waals surface area (Å²) in [6, 6.07) is 4.84. The third kappa shape index (κ3) is 2.67. The Morgan fingerprint density at radius 2 is 2.11 bits per heavy atom. The molecule has 0 radical (unpaired) electrons. The average Bonchev–Trinajstić information content (AvgIpc) is 2.35. The van der Waals surface area contributed by atoms with Crippen LogP contribution in [0, 0.1) is 16.0 Å². The van der Waals surface area contributed by atoms with Crippen molar-refractivity contribution < 1.29 is 9.72 Å². The van der Waals surface area contributed by atoms with Crippen LogP contribution in [-0.4, -0.2) is 23.9 Å². The molecule has 1 saturated carbocycles. The summed E-state index contributed by atoms with van der Waals surface area (Å²) in [5.74, 6) is 0.240. The molecule has 1 aliphatic carbocycles. The Kier molecular flexibility index (Phi) is 3.69. The summed E-state index contributed by atoms with van der Waals surface area (Å²) in [6.45, 7) is 2.12. The number of nitro benzene ring substituents is 1. The summed E-state index contributed by atoms with van der Waals surface area (Å²) in [4.78, 5) is 22.7. The second-order valence-electron chi connectivity index (χ2n) is 4.96. The van der Waals surface area contributed by atoms with E-state index in [4.69, 9.17) is 0 Å². The number of amides is 1. The molecular formula is C13H17N3O3. The minimum atomic E-state index is -0.524. The molecule has 19 heavy (non-hydrogen) atoms. The average molecular weight is 263 g/mol. The SMILES string of the molecule is CNc1cccc(C(=O)NC2CC(C)C2)c1[N+](=O)[O-]. The number of anilines is 1. The number of carbonyl (C=O) groups excluding carboxylic acids is 1. The van der Waals surface area contributed by atoms with Crippen LogP contribution >= 0.6 is 0 Å². The highest BCUT2D eigenvalue weighted by Gasteiger charge is 2.30. The van der Waals surface area contributed by atoms with Crippen LogP contribution in [0.25, 0.3) is 0 Å². The summed E-state index contributed by atoms with van der Waals surface area (Å²) in [7, 11) is 1.59. The Bertz CT molecular complexity index is 510. The lowest BCUT2D eigenvalue weighted by atomic mass is 9.82. The van der Waals surface area contributed by atoms with Crippen LogP contribution in [0.4, 0.5) is 11.4 Å². The molecule has 6 nitrogen and oxygen atoms in total. The third-order valence-electron chi connectivity index (χ3n) is 3.44. The fourth-order valence-corrected chi connectivity index (χ4v) is 2.41. The Morgan fingerprint density at radius 1 is 1.42 bits per heavy atom. The predicted octanol–water partition coefficient (Wildman–Crippen LogP) is 2.16. The molecule has 0 bridgehead atoms. The summed E-state index contributed by atoms with van der Waals surface area (Å²) < 4.78 is 0. The zero-order valence-electron chi connectivity index (χ0n) is 11.0. The topological polar surface area (TPSA) is 84.3 Å². The van der Waals surface area contributed by atoms with Crippen LogP contribution in [0.1, 0.15) is 30.1 Å². The molecule has 0 aliphatic heterocycles. The largest absolute Gasteiger partial charge is 0.383 e. The van der Waals surface area contributed by atoms with E-state index in [2.05, 4.69) is 17.6 Å². The monoisotopic (exact) mass is 263 g/mol. The quantitative estimate of drug-likeness (QED) is 0.644. The lowest BCUT2D eigenvalue weighted by molar-refractivity contribution is -0.384. The van der Waals surface area contributed by atoms with Crippen molar-refractivity contribution in [1.29, 1.82) is 0 Å². The molecule has 1 aromatic carbocycles. The molecule has 2 N–H and O–H groups in total. The molecule has 6 heteroatoms. The highest BCUT2D eigenvalue weighted by atomic mass is 16.6. The Hall–Kier alpha value is -2.11. The van der Waals surface area contributed by atoms with Gasteiger partial charge in [0.1, 0.15) is 11.3 Å². The van der Waals surface area contributed by atoms with E-state index in [-0.39, 0.29) is 23.2 Å². The second kappa shape index (κ2) is 5.26. The zero-order valence-corrected chi connectivity index (χ0v) is 11.0. The molecule has 0 spiro atoms. The second-order valence-corrected chi connectivity index (χ2v) is 4.96. The molecule has 1 amide bonds. The number of carbonyl (C=O) groups is 1. The van der Waals surface area contributed by atoms with Crippen LogP contribution in [0.3, 0.4) is 0 Å². The van der Waals surface area contributed by atoms with Crippen LogP contribution < -0.4 is 10.6 Å². The summed E-state index contributed by atoms with van der Waals surface area (Å²) in [5, 5.41) is 16.7. The fraction of sp³-hybridized carbons (Fsp3) is 0.462. The van der Waals surface area contributed by atoms with Gasteiger partial charge in [0.2, 0.25) is 0 Å². The minimum Gasteiger partial charge on any atom is -0.383 e. The number of benzene rings is 1. The first-order chi connectivity index (χ1) is 9.02. The highest BCUT2D eigenvalue weighted by molar-refractivity contribution is 6.00. The maximum atomic E-state index is 12.1. The smallest absolute Gasteiger partial charge is 0.305 e. The zero-order chi connectivity index (χ0) is 14.0. The van der Waals surface area contributed by atoms with Gasteiger partial charge in [-0.2, -0.15) is 0 Å². The van der Waals surface area contributed by atoms with Crippen LogP contribution in [0.5, 0.6) is 0 Å². The van der Waals surface area contributed by atoms with Gasteiger partial charge in [-0.05, 0) is 30.9 Å². The number of nitrogens with one attached hydrogen (secondary N) is 2. The molecule has 1 aromatic rings. The van der Waals surface area contributed by atoms with Gasteiger partial charge in [-0.15, -0.1) is 0 Å². The first kappa shape index (κ1) is 13.3. The molecule has 102 valence electrons. The van der Waals surface area contributed by atoms with Gasteiger partial charge in [-0.1, -0.05) is 13.0 Å². The van der Waals surface area contributed by atoms with E-state index in [9.17, 15) is 14.9 Å². The van der Waals surface area contributed by atoms with Crippen molar-refractivity contribution in [3.8, 4) is 0 Å². The molecule has 0 atom stereocenters. The van der Waals surface area contributed by atoms with E-state index >= 15 is 0 Å². The van der Waals surface area contributed by atoms with Crippen molar-refractivity contribution >= 4 is 17.3 Å². The van der Waals surface area contributed by atoms with Gasteiger partial charge in [-0.25, -0.2) is 0 Å². The number of hydrogen-bond acceptors (Lipinski definition) is 4. The molecular weight excluding hydrogens is 246 g/mol. The lowest BCUT2D eigenvalue weighted by Crippen LogP contribution is -2.43. The van der Waals surface area contributed by atoms with Crippen molar-refractivity contribution in [2.75, 3.05) is 12.4 Å². The Labute approximate surface area is 111 Å². The van der Waals surface area contributed by atoms with Gasteiger partial charge in [0.05, 0.1) is 4.92 Å². The van der Waals surface area contributed by atoms with Gasteiger partial charge in [-0.3, -0.25) is 14.9 Å². The van der Waals surface area contributed by atoms with E-state index in [1.807, 2.05) is 0 Å². The maximum Gasteiger partial charge on any atom is 0.305 e. The van der Waals surface area contributed by atoms with Crippen LogP contribution in [0.2, 0.25) is 0 Å². The first-order valence-electron chi connectivity index (χ1n) is 6.29. The van der Waals surface area contributed by atoms with Gasteiger partial charge >= 0.3 is 5.69 Å². The third-order valence-corrected chi connectivity index (χ3v) is 3.44. The van der Waals surface area contributed by atoms with Crippen molar-refractivity contribution in [3.05, 3.63) is 33.9 Å². The molecule has 1 fully saturated rings. The van der Waals surface area contributed by atoms with E-state index < -0.39 is 4.92 Å². The van der Waals surface area contributed by atoms with Crippen molar-refractivity contribution in [2.24, 2.45) is 5.92 Å². The number of nitro groups is 1. The summed E-state index contributed by atoms with van der Waals surface area (Å²) >= 11 is 0. The number of nitrogens with zero attached hydrogens (tertiary/aromatic N) is 1. The van der Waals surface area contributed by atoms with E-state index in [0.717, 1.165) is 12.8 Å². The standard InChI is InChI=1S/C13H17N3O3/c1-8-6-9(7-8)15-13(17)10-4-3-5-11(14-2)12(10)16(18)19/h3-5,8-9,14H,6-7H2,1-2H3,(H,15,17). The van der Waals surface area contributed by atoms with Crippen molar-refractivity contribution in [3.63, 3.8) is 0 Å². The summed E-state index contributed by atoms with van der Waals surface area (Å²) in [6.07, 6.45) is 1.87. The molecule has 0 saturated heterocycles. The normalized spacial score (nSPS) is 21.4. The summed E-state index contributed by atoms with van der Waals surface area (Å²) in [5.41, 5.74) is 0.283. The number of hydrogen-bond donors (Lipinski definition) is 2. The molecule has 2 rings (SSSR count). The van der Waals surface area contributed by atoms with Gasteiger partial charge in [0.15, 0.2) is 0 Å². The minimum absolute atomic E-state index is 0.108. The van der Waals surface area contributed by atoms with Crippen molar-refractivity contribution in [1.82, 2.24) is 5.32 Å². The Balaban J connectivity index is 2.23.